The maximum atomic E-state index is 13.3. The molecule has 2 aromatic heterocycles. The molecule has 2 atom stereocenters. The lowest BCUT2D eigenvalue weighted by Gasteiger charge is -2.41. The van der Waals surface area contributed by atoms with Crippen LogP contribution in [0, 0.1) is 11.3 Å². The summed E-state index contributed by atoms with van der Waals surface area (Å²) in [7, 11) is 1.80. The average Bonchev–Trinajstić information content (AvgIpc) is 3.97. The number of likely N-dealkylation sites (tertiary alicyclic amines) is 2. The van der Waals surface area contributed by atoms with Crippen molar-refractivity contribution < 1.29 is 23.9 Å². The molecular weight excluding hydrogens is 773 g/mol. The van der Waals surface area contributed by atoms with Crippen LogP contribution in [-0.2, 0) is 25.6 Å². The molecule has 0 aliphatic carbocycles. The van der Waals surface area contributed by atoms with Gasteiger partial charge in [0.1, 0.15) is 17.9 Å². The van der Waals surface area contributed by atoms with Crippen molar-refractivity contribution in [2.45, 2.75) is 122 Å². The molecule has 3 aliphatic rings. The highest BCUT2D eigenvalue weighted by atomic mass is 32.2. The Morgan fingerprint density at radius 3 is 2.36 bits per heavy atom. The number of allylic oxidation sites excluding steroid dienone is 1. The van der Waals surface area contributed by atoms with Crippen LogP contribution in [0.25, 0.3) is 11.1 Å². The van der Waals surface area contributed by atoms with Crippen LogP contribution in [0.1, 0.15) is 98.6 Å². The summed E-state index contributed by atoms with van der Waals surface area (Å²) in [6.45, 7) is 17.5. The molecule has 6 rings (SSSR count). The second-order valence-electron chi connectivity index (χ2n) is 17.7. The molecule has 5 heterocycles. The summed E-state index contributed by atoms with van der Waals surface area (Å²) in [5.41, 5.74) is 2.40. The highest BCUT2D eigenvalue weighted by molar-refractivity contribution is 8.01. The van der Waals surface area contributed by atoms with Crippen molar-refractivity contribution >= 4 is 46.1 Å². The second-order valence-corrected chi connectivity index (χ2v) is 20.0. The van der Waals surface area contributed by atoms with E-state index in [4.69, 9.17) is 9.47 Å². The number of hydrogen-bond acceptors (Lipinski definition) is 11. The molecule has 2 unspecified atom stereocenters. The van der Waals surface area contributed by atoms with Crippen LogP contribution >= 0.6 is 23.1 Å². The third-order valence-corrected chi connectivity index (χ3v) is 13.2. The third kappa shape index (κ3) is 11.6. The lowest BCUT2D eigenvalue weighted by molar-refractivity contribution is -0.134. The first-order chi connectivity index (χ1) is 27.6. The molecule has 2 saturated heterocycles. The molecule has 0 radical (unpaired) electrons. The summed E-state index contributed by atoms with van der Waals surface area (Å²) in [4.78, 5) is 49.9. The number of ether oxygens (including phenoxy) is 2. The first-order valence-electron chi connectivity index (χ1n) is 20.7. The number of hydrogen-bond donors (Lipinski definition) is 2. The molecule has 0 spiro atoms. The minimum atomic E-state index is -0.557. The minimum absolute atomic E-state index is 0.0282. The van der Waals surface area contributed by atoms with Crippen LogP contribution in [0.4, 0.5) is 9.93 Å². The van der Waals surface area contributed by atoms with E-state index < -0.39 is 5.60 Å². The van der Waals surface area contributed by atoms with Gasteiger partial charge in [-0.1, -0.05) is 69.7 Å². The van der Waals surface area contributed by atoms with Crippen molar-refractivity contribution in [3.8, 4) is 11.1 Å². The van der Waals surface area contributed by atoms with Crippen LogP contribution in [-0.4, -0.2) is 104 Å². The molecule has 3 aromatic rings. The fraction of sp³-hybridized carbons (Fsp3) is 0.605. The zero-order valence-electron chi connectivity index (χ0n) is 35.5. The van der Waals surface area contributed by atoms with Crippen LogP contribution < -0.4 is 10.6 Å². The number of carbonyl (C=O) groups is 3. The predicted octanol–water partition coefficient (Wildman–Crippen LogP) is 7.98. The summed E-state index contributed by atoms with van der Waals surface area (Å²) in [5, 5.41) is 11.5. The number of carbonyl (C=O) groups excluding carboxylic acids is 3. The summed E-state index contributed by atoms with van der Waals surface area (Å²) in [6, 6.07) is 8.54. The van der Waals surface area contributed by atoms with E-state index in [2.05, 4.69) is 65.4 Å². The fourth-order valence-corrected chi connectivity index (χ4v) is 9.51. The summed E-state index contributed by atoms with van der Waals surface area (Å²) in [6.07, 6.45) is 12.3. The normalized spacial score (nSPS) is 18.9. The van der Waals surface area contributed by atoms with Gasteiger partial charge in [0.25, 0.3) is 0 Å². The Hall–Kier alpha value is -4.08. The Balaban J connectivity index is 0.902. The molecule has 0 saturated carbocycles. The quantitative estimate of drug-likeness (QED) is 0.163. The molecule has 2 N–H and O–H groups in total. The highest BCUT2D eigenvalue weighted by Gasteiger charge is 2.33. The number of thioether (sulfide) groups is 1. The maximum absolute atomic E-state index is 13.3. The van der Waals surface area contributed by atoms with E-state index in [-0.39, 0.29) is 48.1 Å². The second kappa shape index (κ2) is 18.9. The number of anilines is 1. The Morgan fingerprint density at radius 2 is 1.72 bits per heavy atom. The number of amides is 3. The number of rotatable bonds is 13. The first-order valence-corrected chi connectivity index (χ1v) is 22.5. The number of thiazole rings is 1. The molecule has 15 heteroatoms. The largest absolute Gasteiger partial charge is 0.472 e. The number of aromatic nitrogens is 3. The van der Waals surface area contributed by atoms with E-state index in [1.54, 1.807) is 34.6 Å². The lowest BCUT2D eigenvalue weighted by Crippen LogP contribution is -2.50. The number of nitrogens with zero attached hydrogens (tertiary/aromatic N) is 6. The first kappa shape index (κ1) is 43.5. The van der Waals surface area contributed by atoms with Gasteiger partial charge in [0.2, 0.25) is 11.8 Å². The van der Waals surface area contributed by atoms with Gasteiger partial charge in [-0.25, -0.2) is 9.78 Å². The van der Waals surface area contributed by atoms with Crippen molar-refractivity contribution in [3.05, 3.63) is 60.4 Å². The van der Waals surface area contributed by atoms with Crippen molar-refractivity contribution in [1.82, 2.24) is 34.8 Å². The summed E-state index contributed by atoms with van der Waals surface area (Å²) >= 11 is 3.18. The molecule has 316 valence electrons. The molecule has 3 amide bonds. The molecule has 58 heavy (non-hydrogen) atoms. The van der Waals surface area contributed by atoms with Gasteiger partial charge in [0, 0.05) is 55.5 Å². The smallest absolute Gasteiger partial charge is 0.410 e. The van der Waals surface area contributed by atoms with Gasteiger partial charge in [-0.2, -0.15) is 5.10 Å². The zero-order chi connectivity index (χ0) is 41.6. The van der Waals surface area contributed by atoms with Gasteiger partial charge in [-0.05, 0) is 77.1 Å². The molecule has 3 aliphatic heterocycles. The zero-order valence-corrected chi connectivity index (χ0v) is 37.1. The Labute approximate surface area is 352 Å². The van der Waals surface area contributed by atoms with Gasteiger partial charge >= 0.3 is 6.09 Å². The predicted molar refractivity (Wildman–Crippen MR) is 230 cm³/mol. The standard InChI is InChI=1S/C43H62N8O5S2/c1-9-10-34(48(8)41(54)56-43(5,6)7)30-13-11-29(12-14-30)32-23-46-51(26-32)27-37(52)50-21-17-33(18-22-50)49-19-15-31(16-20-49)39(53)47-40-45-25-38(58-40)57-28-36-44-24-35(55-36)42(2,3)4/h11-14,23-26,31,33-34,36,44H,9-10,15-22,27-28H2,1-8H3,(H,45,47,53). The third-order valence-electron chi connectivity index (χ3n) is 11.0. The molecule has 0 bridgehead atoms. The van der Waals surface area contributed by atoms with Crippen molar-refractivity contribution in [1.29, 1.82) is 0 Å². The number of nitrogens with one attached hydrogen (secondary N) is 2. The number of piperidine rings is 2. The van der Waals surface area contributed by atoms with Crippen LogP contribution in [0.5, 0.6) is 0 Å². The number of benzene rings is 1. The topological polar surface area (TPSA) is 134 Å². The average molecular weight is 835 g/mol. The van der Waals surface area contributed by atoms with Gasteiger partial charge in [0.15, 0.2) is 11.4 Å². The van der Waals surface area contributed by atoms with E-state index in [1.165, 1.54) is 11.3 Å². The molecule has 13 nitrogen and oxygen atoms in total. The van der Waals surface area contributed by atoms with Crippen LogP contribution in [0.3, 0.4) is 0 Å². The highest BCUT2D eigenvalue weighted by Crippen LogP contribution is 2.34. The van der Waals surface area contributed by atoms with Gasteiger partial charge < -0.3 is 34.8 Å². The van der Waals surface area contributed by atoms with Crippen molar-refractivity contribution in [3.63, 3.8) is 0 Å². The SMILES string of the molecule is CCCC(c1ccc(-c2cnn(CC(=O)N3CCC(N4CCC(C(=O)Nc5ncc(SCC6NC=C(C(C)(C)C)O6)s5)CC4)CC3)c2)cc1)N(C)C(=O)OC(C)(C)C. The van der Waals surface area contributed by atoms with Crippen molar-refractivity contribution in [2.24, 2.45) is 11.3 Å². The van der Waals surface area contributed by atoms with E-state index in [0.29, 0.717) is 11.2 Å². The Bertz CT molecular complexity index is 1880. The van der Waals surface area contributed by atoms with Gasteiger partial charge in [0.05, 0.1) is 28.4 Å². The van der Waals surface area contributed by atoms with Crippen LogP contribution in [0.2, 0.25) is 0 Å². The minimum Gasteiger partial charge on any atom is -0.472 e. The van der Waals surface area contributed by atoms with Crippen molar-refractivity contribution in [2.75, 3.05) is 44.3 Å². The maximum Gasteiger partial charge on any atom is 0.410 e. The van der Waals surface area contributed by atoms with Gasteiger partial charge in [-0.3, -0.25) is 14.3 Å². The Kier molecular flexibility index (Phi) is 14.2. The molecule has 2 fully saturated rings. The van der Waals surface area contributed by atoms with E-state index >= 15 is 0 Å². The van der Waals surface area contributed by atoms with Crippen LogP contribution in [0.15, 0.2) is 59.0 Å². The van der Waals surface area contributed by atoms with E-state index in [9.17, 15) is 14.4 Å². The fourth-order valence-electron chi connectivity index (χ4n) is 7.68. The Morgan fingerprint density at radius 1 is 1.02 bits per heavy atom. The van der Waals surface area contributed by atoms with E-state index in [0.717, 1.165) is 97.1 Å². The molecule has 1 aromatic carbocycles. The van der Waals surface area contributed by atoms with Gasteiger partial charge in [-0.15, -0.1) is 11.8 Å². The summed E-state index contributed by atoms with van der Waals surface area (Å²) in [5.74, 6) is 1.80. The lowest BCUT2D eigenvalue weighted by atomic mass is 9.93. The monoisotopic (exact) mass is 834 g/mol. The summed E-state index contributed by atoms with van der Waals surface area (Å²) < 4.78 is 14.4. The van der Waals surface area contributed by atoms with E-state index in [1.807, 2.05) is 56.4 Å². The molecular formula is C43H62N8O5S2.